The molecule has 0 saturated carbocycles. The highest BCUT2D eigenvalue weighted by Gasteiger charge is 2.26. The summed E-state index contributed by atoms with van der Waals surface area (Å²) in [7, 11) is 0. The van der Waals surface area contributed by atoms with Crippen LogP contribution in [0.5, 0.6) is 0 Å². The molecule has 6 nitrogen and oxygen atoms in total. The molecule has 1 unspecified atom stereocenters. The predicted octanol–water partition coefficient (Wildman–Crippen LogP) is 3.33. The molecule has 1 atom stereocenters. The minimum atomic E-state index is -1.10. The van der Waals surface area contributed by atoms with Gasteiger partial charge in [0.05, 0.1) is 12.1 Å². The van der Waals surface area contributed by atoms with Gasteiger partial charge in [0.2, 0.25) is 5.78 Å². The second kappa shape index (κ2) is 5.55. The third-order valence-electron chi connectivity index (χ3n) is 2.61. The molecule has 0 spiro atoms. The molecule has 2 aromatic rings. The van der Waals surface area contributed by atoms with Gasteiger partial charge in [-0.15, -0.1) is 0 Å². The summed E-state index contributed by atoms with van der Waals surface area (Å²) in [6, 6.07) is 10.3. The minimum Gasteiger partial charge on any atom is -0.397 e. The van der Waals surface area contributed by atoms with Gasteiger partial charge in [-0.05, 0) is 23.8 Å². The normalized spacial score (nSPS) is 11.6. The molecule has 0 aliphatic heterocycles. The Labute approximate surface area is 118 Å². The fourth-order valence-corrected chi connectivity index (χ4v) is 1.77. The summed E-state index contributed by atoms with van der Waals surface area (Å²) in [5.74, 6) is -2.50. The SMILES string of the molecule is N#CC(C(=O)c1ccc([N+](=O)[O-])o1)c1ccc(Cl)cc1. The molecule has 0 aliphatic rings. The Hall–Kier alpha value is -2.65. The van der Waals surface area contributed by atoms with E-state index < -0.39 is 22.5 Å². The topological polar surface area (TPSA) is 97.1 Å². The number of furan rings is 1. The van der Waals surface area contributed by atoms with Crippen molar-refractivity contribution in [1.82, 2.24) is 0 Å². The van der Waals surface area contributed by atoms with Gasteiger partial charge in [0, 0.05) is 5.02 Å². The molecule has 0 N–H and O–H groups in total. The number of ketones is 1. The standard InChI is InChI=1S/C13H7ClN2O4/c14-9-3-1-8(2-4-9)10(7-15)13(17)11-5-6-12(20-11)16(18)19/h1-6,10H. The Morgan fingerprint density at radius 2 is 1.95 bits per heavy atom. The van der Waals surface area contributed by atoms with E-state index in [2.05, 4.69) is 0 Å². The number of rotatable bonds is 4. The molecule has 0 bridgehead atoms. The molecule has 0 radical (unpaired) electrons. The maximum atomic E-state index is 12.1. The van der Waals surface area contributed by atoms with Gasteiger partial charge < -0.3 is 4.42 Å². The molecular formula is C13H7ClN2O4. The number of benzene rings is 1. The monoisotopic (exact) mass is 290 g/mol. The zero-order valence-corrected chi connectivity index (χ0v) is 10.7. The maximum absolute atomic E-state index is 12.1. The molecule has 0 aliphatic carbocycles. The molecule has 1 aromatic carbocycles. The lowest BCUT2D eigenvalue weighted by Crippen LogP contribution is -2.10. The van der Waals surface area contributed by atoms with Crippen molar-refractivity contribution in [3.63, 3.8) is 0 Å². The van der Waals surface area contributed by atoms with Crippen molar-refractivity contribution in [2.45, 2.75) is 5.92 Å². The Balaban J connectivity index is 2.31. The summed E-state index contributed by atoms with van der Waals surface area (Å²) in [5, 5.41) is 20.1. The van der Waals surface area contributed by atoms with E-state index in [4.69, 9.17) is 21.3 Å². The molecule has 100 valence electrons. The smallest absolute Gasteiger partial charge is 0.397 e. The van der Waals surface area contributed by atoms with Crippen molar-refractivity contribution >= 4 is 23.3 Å². The molecule has 0 amide bonds. The third-order valence-corrected chi connectivity index (χ3v) is 2.86. The highest BCUT2D eigenvalue weighted by atomic mass is 35.5. The lowest BCUT2D eigenvalue weighted by Gasteiger charge is -2.06. The van der Waals surface area contributed by atoms with Crippen LogP contribution in [0.3, 0.4) is 0 Å². The van der Waals surface area contributed by atoms with E-state index >= 15 is 0 Å². The average Bonchev–Trinajstić information content (AvgIpc) is 2.91. The summed E-state index contributed by atoms with van der Waals surface area (Å²) < 4.78 is 4.81. The number of nitrogens with zero attached hydrogens (tertiary/aromatic N) is 2. The van der Waals surface area contributed by atoms with E-state index in [0.29, 0.717) is 10.6 Å². The molecule has 1 aromatic heterocycles. The van der Waals surface area contributed by atoms with Crippen molar-refractivity contribution < 1.29 is 14.1 Å². The van der Waals surface area contributed by atoms with Gasteiger partial charge in [0.25, 0.3) is 0 Å². The predicted molar refractivity (Wildman–Crippen MR) is 69.5 cm³/mol. The minimum absolute atomic E-state index is 0.224. The lowest BCUT2D eigenvalue weighted by atomic mass is 9.95. The highest BCUT2D eigenvalue weighted by Crippen LogP contribution is 2.25. The van der Waals surface area contributed by atoms with Crippen LogP contribution in [0.15, 0.2) is 40.8 Å². The Morgan fingerprint density at radius 1 is 1.30 bits per heavy atom. The van der Waals surface area contributed by atoms with Crippen LogP contribution in [0.25, 0.3) is 0 Å². The molecule has 7 heteroatoms. The number of halogens is 1. The number of nitriles is 1. The van der Waals surface area contributed by atoms with Crippen molar-refractivity contribution in [2.24, 2.45) is 0 Å². The molecule has 1 heterocycles. The van der Waals surface area contributed by atoms with Crippen LogP contribution in [0.2, 0.25) is 5.02 Å². The van der Waals surface area contributed by atoms with Gasteiger partial charge in [0.15, 0.2) is 5.76 Å². The molecular weight excluding hydrogens is 284 g/mol. The largest absolute Gasteiger partial charge is 0.433 e. The van der Waals surface area contributed by atoms with Crippen LogP contribution in [0.4, 0.5) is 5.88 Å². The first-order chi connectivity index (χ1) is 9.52. The van der Waals surface area contributed by atoms with Crippen molar-refractivity contribution in [3.8, 4) is 6.07 Å². The van der Waals surface area contributed by atoms with Gasteiger partial charge in [-0.1, -0.05) is 23.7 Å². The van der Waals surface area contributed by atoms with E-state index in [-0.39, 0.29) is 5.76 Å². The van der Waals surface area contributed by atoms with Gasteiger partial charge in [-0.3, -0.25) is 14.9 Å². The Kier molecular flexibility index (Phi) is 3.82. The number of hydrogen-bond donors (Lipinski definition) is 0. The number of carbonyl (C=O) groups excluding carboxylic acids is 1. The van der Waals surface area contributed by atoms with Crippen LogP contribution in [-0.4, -0.2) is 10.7 Å². The van der Waals surface area contributed by atoms with Gasteiger partial charge >= 0.3 is 5.88 Å². The van der Waals surface area contributed by atoms with Crippen LogP contribution in [0.1, 0.15) is 22.0 Å². The van der Waals surface area contributed by atoms with Crippen LogP contribution in [-0.2, 0) is 0 Å². The summed E-state index contributed by atoms with van der Waals surface area (Å²) in [6.45, 7) is 0. The molecule has 2 rings (SSSR count). The zero-order valence-electron chi connectivity index (χ0n) is 9.95. The highest BCUT2D eigenvalue weighted by molar-refractivity contribution is 6.30. The molecule has 20 heavy (non-hydrogen) atoms. The third kappa shape index (κ3) is 2.68. The maximum Gasteiger partial charge on any atom is 0.433 e. The van der Waals surface area contributed by atoms with E-state index in [0.717, 1.165) is 6.07 Å². The average molecular weight is 291 g/mol. The summed E-state index contributed by atoms with van der Waals surface area (Å²) in [6.07, 6.45) is 0. The fourth-order valence-electron chi connectivity index (χ4n) is 1.64. The Morgan fingerprint density at radius 3 is 2.45 bits per heavy atom. The Bertz CT molecular complexity index is 700. The molecule has 0 saturated heterocycles. The van der Waals surface area contributed by atoms with E-state index in [1.807, 2.05) is 6.07 Å². The van der Waals surface area contributed by atoms with Gasteiger partial charge in [-0.2, -0.15) is 5.26 Å². The lowest BCUT2D eigenvalue weighted by molar-refractivity contribution is -0.402. The van der Waals surface area contributed by atoms with Crippen molar-refractivity contribution in [3.05, 3.63) is 62.9 Å². The van der Waals surface area contributed by atoms with Crippen LogP contribution < -0.4 is 0 Å². The summed E-state index contributed by atoms with van der Waals surface area (Å²) in [5.41, 5.74) is 0.445. The summed E-state index contributed by atoms with van der Waals surface area (Å²) >= 11 is 5.73. The van der Waals surface area contributed by atoms with Crippen molar-refractivity contribution in [2.75, 3.05) is 0 Å². The van der Waals surface area contributed by atoms with E-state index in [1.165, 1.54) is 6.07 Å². The number of carbonyl (C=O) groups is 1. The number of hydrogen-bond acceptors (Lipinski definition) is 5. The van der Waals surface area contributed by atoms with E-state index in [1.54, 1.807) is 24.3 Å². The molecule has 0 fully saturated rings. The first-order valence-electron chi connectivity index (χ1n) is 5.46. The van der Waals surface area contributed by atoms with E-state index in [9.17, 15) is 14.9 Å². The summed E-state index contributed by atoms with van der Waals surface area (Å²) in [4.78, 5) is 21.9. The first kappa shape index (κ1) is 13.8. The fraction of sp³-hybridized carbons (Fsp3) is 0.0769. The van der Waals surface area contributed by atoms with Gasteiger partial charge in [0.1, 0.15) is 10.8 Å². The second-order valence-electron chi connectivity index (χ2n) is 3.87. The second-order valence-corrected chi connectivity index (χ2v) is 4.31. The van der Waals surface area contributed by atoms with Crippen LogP contribution >= 0.6 is 11.6 Å². The quantitative estimate of drug-likeness (QED) is 0.488. The van der Waals surface area contributed by atoms with Crippen molar-refractivity contribution in [1.29, 1.82) is 5.26 Å². The number of Topliss-reactive ketones (excluding diaryl/α,β-unsaturated/α-hetero) is 1. The first-order valence-corrected chi connectivity index (χ1v) is 5.84. The van der Waals surface area contributed by atoms with Crippen LogP contribution in [0, 0.1) is 21.4 Å². The zero-order chi connectivity index (χ0) is 14.7. The number of nitro groups is 1. The van der Waals surface area contributed by atoms with Gasteiger partial charge in [-0.25, -0.2) is 0 Å².